The van der Waals surface area contributed by atoms with Crippen molar-refractivity contribution in [2.75, 3.05) is 5.32 Å². The van der Waals surface area contributed by atoms with Crippen LogP contribution >= 0.6 is 34.5 Å². The van der Waals surface area contributed by atoms with E-state index in [1.807, 2.05) is 11.4 Å². The minimum absolute atomic E-state index is 0.156. The first-order chi connectivity index (χ1) is 10.6. The molecule has 0 radical (unpaired) electrons. The zero-order valence-electron chi connectivity index (χ0n) is 11.3. The topological polar surface area (TPSA) is 46.9 Å². The van der Waals surface area contributed by atoms with Gasteiger partial charge in [0.25, 0.3) is 5.91 Å². The highest BCUT2D eigenvalue weighted by molar-refractivity contribution is 7.12. The van der Waals surface area contributed by atoms with Crippen LogP contribution in [0.2, 0.25) is 10.0 Å². The number of nitrogens with one attached hydrogen (secondary N) is 1. The average molecular weight is 352 g/mol. The molecule has 112 valence electrons. The Morgan fingerprint density at radius 2 is 2.14 bits per heavy atom. The number of amides is 1. The number of carbonyl (C=O) groups is 1. The van der Waals surface area contributed by atoms with Crippen molar-refractivity contribution in [3.05, 3.63) is 68.6 Å². The number of hydrogen-bond donors (Lipinski definition) is 1. The maximum absolute atomic E-state index is 12.2. The summed E-state index contributed by atoms with van der Waals surface area (Å²) in [6.07, 6.45) is 3.33. The van der Waals surface area contributed by atoms with E-state index in [1.54, 1.807) is 41.3 Å². The lowest BCUT2D eigenvalue weighted by molar-refractivity contribution is 0.103. The van der Waals surface area contributed by atoms with Gasteiger partial charge >= 0.3 is 0 Å². The Hall–Kier alpha value is -1.82. The molecule has 0 saturated heterocycles. The fourth-order valence-corrected chi connectivity index (χ4v) is 3.09. The minimum atomic E-state index is -0.156. The Bertz CT molecular complexity index is 812. The van der Waals surface area contributed by atoms with Gasteiger partial charge in [-0.3, -0.25) is 9.48 Å². The van der Waals surface area contributed by atoms with Crippen molar-refractivity contribution in [3.63, 3.8) is 0 Å². The average Bonchev–Trinajstić information content (AvgIpc) is 3.09. The number of halogens is 2. The zero-order chi connectivity index (χ0) is 15.5. The molecule has 3 rings (SSSR count). The van der Waals surface area contributed by atoms with Gasteiger partial charge < -0.3 is 5.32 Å². The van der Waals surface area contributed by atoms with Gasteiger partial charge in [-0.05, 0) is 35.2 Å². The lowest BCUT2D eigenvalue weighted by atomic mass is 10.3. The third-order valence-corrected chi connectivity index (χ3v) is 4.31. The number of aromatic nitrogens is 2. The van der Waals surface area contributed by atoms with E-state index in [2.05, 4.69) is 10.4 Å². The summed E-state index contributed by atoms with van der Waals surface area (Å²) in [6.45, 7) is 0.577. The van der Waals surface area contributed by atoms with Gasteiger partial charge in [0.2, 0.25) is 0 Å². The van der Waals surface area contributed by atoms with E-state index >= 15 is 0 Å². The largest absolute Gasteiger partial charge is 0.321 e. The van der Waals surface area contributed by atoms with Crippen molar-refractivity contribution < 1.29 is 4.79 Å². The van der Waals surface area contributed by atoms with Crippen LogP contribution in [0.1, 0.15) is 15.2 Å². The van der Waals surface area contributed by atoms with Gasteiger partial charge in [0.1, 0.15) is 0 Å². The van der Waals surface area contributed by atoms with Crippen molar-refractivity contribution in [2.24, 2.45) is 0 Å². The lowest BCUT2D eigenvalue weighted by Crippen LogP contribution is -2.10. The molecule has 1 N–H and O–H groups in total. The molecule has 1 amide bonds. The lowest BCUT2D eigenvalue weighted by Gasteiger charge is -2.03. The number of anilines is 1. The Morgan fingerprint density at radius 1 is 1.27 bits per heavy atom. The molecule has 1 aromatic carbocycles. The van der Waals surface area contributed by atoms with Crippen LogP contribution in [-0.2, 0) is 6.54 Å². The smallest absolute Gasteiger partial charge is 0.265 e. The van der Waals surface area contributed by atoms with Crippen LogP contribution in [0, 0.1) is 0 Å². The van der Waals surface area contributed by atoms with E-state index in [0.717, 1.165) is 5.56 Å². The summed E-state index contributed by atoms with van der Waals surface area (Å²) in [5, 5.41) is 10.0. The molecular formula is C15H11Cl2N3OS. The van der Waals surface area contributed by atoms with Crippen LogP contribution < -0.4 is 5.32 Å². The molecule has 0 saturated carbocycles. The summed E-state index contributed by atoms with van der Waals surface area (Å²) >= 11 is 13.1. The van der Waals surface area contributed by atoms with E-state index in [9.17, 15) is 4.79 Å². The number of carbonyl (C=O) groups excluding carboxylic acids is 1. The molecule has 0 atom stereocenters. The fraction of sp³-hybridized carbons (Fsp3) is 0.0667. The van der Waals surface area contributed by atoms with E-state index in [0.29, 0.717) is 27.2 Å². The Morgan fingerprint density at radius 3 is 2.86 bits per heavy atom. The van der Waals surface area contributed by atoms with Crippen LogP contribution in [0.15, 0.2) is 48.1 Å². The minimum Gasteiger partial charge on any atom is -0.321 e. The molecule has 3 aromatic rings. The van der Waals surface area contributed by atoms with Crippen LogP contribution in [0.5, 0.6) is 0 Å². The molecule has 4 nitrogen and oxygen atoms in total. The van der Waals surface area contributed by atoms with E-state index < -0.39 is 0 Å². The van der Waals surface area contributed by atoms with Crippen molar-refractivity contribution in [3.8, 4) is 0 Å². The summed E-state index contributed by atoms with van der Waals surface area (Å²) in [4.78, 5) is 12.8. The zero-order valence-corrected chi connectivity index (χ0v) is 13.6. The van der Waals surface area contributed by atoms with Crippen LogP contribution in [0.3, 0.4) is 0 Å². The van der Waals surface area contributed by atoms with Crippen LogP contribution in [-0.4, -0.2) is 15.7 Å². The molecule has 2 aromatic heterocycles. The standard InChI is InChI=1S/C15H11Cl2N3OS/c16-11-2-1-3-13(5-11)19-15(21)14-4-10(9-22-14)7-20-8-12(17)6-18-20/h1-6,8-9H,7H2,(H,19,21). The van der Waals surface area contributed by atoms with E-state index in [4.69, 9.17) is 23.2 Å². The molecule has 22 heavy (non-hydrogen) atoms. The SMILES string of the molecule is O=C(Nc1cccc(Cl)c1)c1cc(Cn2cc(Cl)cn2)cs1. The summed E-state index contributed by atoms with van der Waals surface area (Å²) in [6, 6.07) is 8.90. The van der Waals surface area contributed by atoms with Crippen molar-refractivity contribution in [1.29, 1.82) is 0 Å². The second-order valence-corrected chi connectivity index (χ2v) is 6.42. The highest BCUT2D eigenvalue weighted by Crippen LogP contribution is 2.20. The van der Waals surface area contributed by atoms with Crippen molar-refractivity contribution in [1.82, 2.24) is 9.78 Å². The summed E-state index contributed by atoms with van der Waals surface area (Å²) in [5.41, 5.74) is 1.67. The van der Waals surface area contributed by atoms with Crippen LogP contribution in [0.4, 0.5) is 5.69 Å². The first-order valence-corrected chi connectivity index (χ1v) is 8.06. The van der Waals surface area contributed by atoms with E-state index in [-0.39, 0.29) is 5.91 Å². The third kappa shape index (κ3) is 3.68. The maximum atomic E-state index is 12.2. The quantitative estimate of drug-likeness (QED) is 0.749. The number of nitrogens with zero attached hydrogens (tertiary/aromatic N) is 2. The molecule has 0 unspecified atom stereocenters. The highest BCUT2D eigenvalue weighted by atomic mass is 35.5. The van der Waals surface area contributed by atoms with Gasteiger partial charge in [0.05, 0.1) is 22.6 Å². The monoisotopic (exact) mass is 351 g/mol. The van der Waals surface area contributed by atoms with Crippen molar-refractivity contribution >= 4 is 46.1 Å². The fourth-order valence-electron chi connectivity index (χ4n) is 1.95. The molecule has 0 aliphatic carbocycles. The molecule has 2 heterocycles. The number of rotatable bonds is 4. The van der Waals surface area contributed by atoms with E-state index in [1.165, 1.54) is 11.3 Å². The number of hydrogen-bond acceptors (Lipinski definition) is 3. The Kier molecular flexibility index (Phi) is 4.47. The predicted molar refractivity (Wildman–Crippen MR) is 90.1 cm³/mol. The van der Waals surface area contributed by atoms with Gasteiger partial charge in [-0.1, -0.05) is 29.3 Å². The van der Waals surface area contributed by atoms with Gasteiger partial charge in [0.15, 0.2) is 0 Å². The van der Waals surface area contributed by atoms with Gasteiger partial charge in [-0.25, -0.2) is 0 Å². The molecule has 0 aliphatic rings. The summed E-state index contributed by atoms with van der Waals surface area (Å²) in [7, 11) is 0. The molecule has 0 fully saturated rings. The molecule has 0 aliphatic heterocycles. The molecule has 0 bridgehead atoms. The molecule has 0 spiro atoms. The van der Waals surface area contributed by atoms with Crippen molar-refractivity contribution in [2.45, 2.75) is 6.54 Å². The van der Waals surface area contributed by atoms with Gasteiger partial charge in [-0.15, -0.1) is 11.3 Å². The molecular weight excluding hydrogens is 341 g/mol. The summed E-state index contributed by atoms with van der Waals surface area (Å²) in [5.74, 6) is -0.156. The Labute approximate surface area is 141 Å². The number of thiophene rings is 1. The second-order valence-electron chi connectivity index (χ2n) is 4.64. The Balaban J connectivity index is 1.69. The highest BCUT2D eigenvalue weighted by Gasteiger charge is 2.10. The molecule has 7 heteroatoms. The first-order valence-electron chi connectivity index (χ1n) is 6.42. The summed E-state index contributed by atoms with van der Waals surface area (Å²) < 4.78 is 1.73. The second kappa shape index (κ2) is 6.52. The third-order valence-electron chi connectivity index (χ3n) is 2.91. The van der Waals surface area contributed by atoms with Gasteiger partial charge in [0, 0.05) is 16.9 Å². The first kappa shape index (κ1) is 15.1. The maximum Gasteiger partial charge on any atom is 0.265 e. The number of benzene rings is 1. The normalized spacial score (nSPS) is 10.6. The van der Waals surface area contributed by atoms with Crippen LogP contribution in [0.25, 0.3) is 0 Å². The van der Waals surface area contributed by atoms with Gasteiger partial charge in [-0.2, -0.15) is 5.10 Å². The predicted octanol–water partition coefficient (Wildman–Crippen LogP) is 4.55.